The number of pyridine rings is 1. The van der Waals surface area contributed by atoms with Crippen molar-refractivity contribution in [2.45, 2.75) is 56.9 Å². The Balaban J connectivity index is 1.32. The van der Waals surface area contributed by atoms with Crippen LogP contribution in [0.1, 0.15) is 50.1 Å². The van der Waals surface area contributed by atoms with Gasteiger partial charge in [0.05, 0.1) is 0 Å². The monoisotopic (exact) mass is 667 g/mol. The van der Waals surface area contributed by atoms with Gasteiger partial charge in [-0.15, -0.1) is 11.8 Å². The topological polar surface area (TPSA) is 109 Å². The number of rotatable bonds is 8. The summed E-state index contributed by atoms with van der Waals surface area (Å²) in [6.45, 7) is 6.23. The molecule has 2 atom stereocenters. The van der Waals surface area contributed by atoms with E-state index in [4.69, 9.17) is 9.47 Å². The number of esters is 1. The van der Waals surface area contributed by atoms with Gasteiger partial charge in [0.1, 0.15) is 36.3 Å². The molecule has 0 spiro atoms. The van der Waals surface area contributed by atoms with Crippen LogP contribution in [0, 0.1) is 0 Å². The standard InChI is InChI=1S/C37H38N4O6S/c1-37(2,3)47-36(45)38-29-33(43)41-30(35(44)46-31(24-13-7-5-8-14-24)25-15-9-6-10-16-25)27(23-48-34(29)41)21-26-18-20-40(32(26)42)22-28-17-11-12-19-39(28)4/h5-17,19,21,29,31,34H,18,20,22-23H2,1-4H3/p+1/t29-,34-/m1/s1. The number of aryl methyl sites for hydroxylation is 1. The number of fused-ring (bicyclic) bond motifs is 1. The molecule has 3 aliphatic heterocycles. The highest BCUT2D eigenvalue weighted by molar-refractivity contribution is 8.00. The third-order valence-electron chi connectivity index (χ3n) is 8.37. The lowest BCUT2D eigenvalue weighted by molar-refractivity contribution is -0.680. The Hall–Kier alpha value is -4.90. The molecular formula is C37H39N4O6S+. The van der Waals surface area contributed by atoms with Crippen molar-refractivity contribution in [1.29, 1.82) is 0 Å². The highest BCUT2D eigenvalue weighted by atomic mass is 32.2. The molecular weight excluding hydrogens is 628 g/mol. The summed E-state index contributed by atoms with van der Waals surface area (Å²) in [6.07, 6.45) is 2.74. The number of nitrogens with zero attached hydrogens (tertiary/aromatic N) is 3. The van der Waals surface area contributed by atoms with Gasteiger partial charge in [-0.25, -0.2) is 14.2 Å². The van der Waals surface area contributed by atoms with Crippen LogP contribution < -0.4 is 9.88 Å². The molecule has 3 aliphatic rings. The van der Waals surface area contributed by atoms with E-state index in [1.54, 1.807) is 31.7 Å². The summed E-state index contributed by atoms with van der Waals surface area (Å²) < 4.78 is 13.6. The van der Waals surface area contributed by atoms with Gasteiger partial charge in [0.2, 0.25) is 11.6 Å². The molecule has 1 N–H and O–H groups in total. The first-order valence-electron chi connectivity index (χ1n) is 15.9. The number of carbonyl (C=O) groups excluding carboxylic acids is 4. The lowest BCUT2D eigenvalue weighted by Gasteiger charge is -2.49. The second-order valence-electron chi connectivity index (χ2n) is 13.0. The zero-order valence-electron chi connectivity index (χ0n) is 27.4. The molecule has 3 aromatic rings. The Morgan fingerprint density at radius 1 is 1.00 bits per heavy atom. The number of aromatic nitrogens is 1. The molecule has 11 heteroatoms. The minimum Gasteiger partial charge on any atom is -0.448 e. The van der Waals surface area contributed by atoms with Gasteiger partial charge in [-0.2, -0.15) is 0 Å². The van der Waals surface area contributed by atoms with Crippen LogP contribution >= 0.6 is 11.8 Å². The van der Waals surface area contributed by atoms with E-state index in [1.165, 1.54) is 16.7 Å². The normalized spacial score (nSPS) is 20.1. The predicted octanol–water partition coefficient (Wildman–Crippen LogP) is 4.57. The quantitative estimate of drug-likeness (QED) is 0.162. The molecule has 2 fully saturated rings. The van der Waals surface area contributed by atoms with E-state index in [-0.39, 0.29) is 11.6 Å². The SMILES string of the molecule is C[n+]1ccccc1CN1CCC(=CC2=C(C(=O)OC(c3ccccc3)c3ccccc3)N3C(=O)[C@@H](NC(=O)OC(C)(C)C)[C@H]3SC2)C1=O. The lowest BCUT2D eigenvalue weighted by atomic mass is 10.00. The van der Waals surface area contributed by atoms with Crippen LogP contribution in [0.15, 0.2) is 108 Å². The molecule has 6 rings (SSSR count). The number of hydrogen-bond donors (Lipinski definition) is 1. The summed E-state index contributed by atoms with van der Waals surface area (Å²) in [5.74, 6) is -0.922. The Kier molecular flexibility index (Phi) is 9.41. The fraction of sp³-hybridized carbons (Fsp3) is 0.324. The van der Waals surface area contributed by atoms with Crippen molar-refractivity contribution in [2.75, 3.05) is 12.3 Å². The maximum absolute atomic E-state index is 14.3. The summed E-state index contributed by atoms with van der Waals surface area (Å²) >= 11 is 1.41. The van der Waals surface area contributed by atoms with Gasteiger partial charge in [0, 0.05) is 30.0 Å². The van der Waals surface area contributed by atoms with E-state index in [0.717, 1.165) is 16.8 Å². The van der Waals surface area contributed by atoms with E-state index in [9.17, 15) is 19.2 Å². The maximum atomic E-state index is 14.3. The number of thioether (sulfide) groups is 1. The Bertz CT molecular complexity index is 1750. The molecule has 10 nitrogen and oxygen atoms in total. The molecule has 0 radical (unpaired) electrons. The molecule has 0 aliphatic carbocycles. The highest BCUT2D eigenvalue weighted by Crippen LogP contribution is 2.42. The number of alkyl carbamates (subject to hydrolysis) is 1. The van der Waals surface area contributed by atoms with Crippen LogP contribution in [0.4, 0.5) is 4.79 Å². The van der Waals surface area contributed by atoms with Gasteiger partial charge in [-0.05, 0) is 50.0 Å². The van der Waals surface area contributed by atoms with E-state index >= 15 is 0 Å². The molecule has 1 aromatic heterocycles. The van der Waals surface area contributed by atoms with Gasteiger partial charge >= 0.3 is 12.1 Å². The molecule has 48 heavy (non-hydrogen) atoms. The molecule has 2 saturated heterocycles. The fourth-order valence-corrected chi connectivity index (χ4v) is 7.31. The molecule has 3 amide bonds. The maximum Gasteiger partial charge on any atom is 0.408 e. The Morgan fingerprint density at radius 2 is 1.65 bits per heavy atom. The number of nitrogens with one attached hydrogen (secondary N) is 1. The molecule has 0 bridgehead atoms. The summed E-state index contributed by atoms with van der Waals surface area (Å²) in [5, 5.41) is 2.13. The zero-order valence-corrected chi connectivity index (χ0v) is 28.2. The molecule has 0 unspecified atom stereocenters. The van der Waals surface area contributed by atoms with E-state index < -0.39 is 41.1 Å². The van der Waals surface area contributed by atoms with Crippen LogP contribution in [0.2, 0.25) is 0 Å². The van der Waals surface area contributed by atoms with Crippen molar-refractivity contribution < 1.29 is 33.2 Å². The van der Waals surface area contributed by atoms with E-state index in [0.29, 0.717) is 36.4 Å². The number of amides is 3. The van der Waals surface area contributed by atoms with E-state index in [1.807, 2.05) is 96.7 Å². The molecule has 4 heterocycles. The predicted molar refractivity (Wildman–Crippen MR) is 180 cm³/mol. The second kappa shape index (κ2) is 13.7. The van der Waals surface area contributed by atoms with Gasteiger partial charge in [-0.1, -0.05) is 66.7 Å². The van der Waals surface area contributed by atoms with Crippen molar-refractivity contribution in [2.24, 2.45) is 7.05 Å². The number of β-lactam (4-membered cyclic amide) rings is 1. The summed E-state index contributed by atoms with van der Waals surface area (Å²) in [7, 11) is 1.94. The van der Waals surface area contributed by atoms with Gasteiger partial charge in [0.15, 0.2) is 12.3 Å². The first-order chi connectivity index (χ1) is 23.0. The summed E-state index contributed by atoms with van der Waals surface area (Å²) in [6, 6.07) is 23.8. The molecule has 248 valence electrons. The molecule has 0 saturated carbocycles. The zero-order chi connectivity index (χ0) is 34.0. The average molecular weight is 668 g/mol. The third kappa shape index (κ3) is 7.01. The van der Waals surface area contributed by atoms with Crippen molar-refractivity contribution in [3.8, 4) is 0 Å². The summed E-state index contributed by atoms with van der Waals surface area (Å²) in [4.78, 5) is 57.3. The number of likely N-dealkylation sites (tertiary alicyclic amines) is 1. The van der Waals surface area contributed by atoms with Crippen LogP contribution in [0.25, 0.3) is 0 Å². The van der Waals surface area contributed by atoms with Crippen molar-refractivity contribution in [3.05, 3.63) is 125 Å². The van der Waals surface area contributed by atoms with Crippen molar-refractivity contribution >= 4 is 35.6 Å². The highest BCUT2D eigenvalue weighted by Gasteiger charge is 2.55. The van der Waals surface area contributed by atoms with Crippen LogP contribution in [-0.4, -0.2) is 63.0 Å². The smallest absolute Gasteiger partial charge is 0.408 e. The largest absolute Gasteiger partial charge is 0.448 e. The number of benzene rings is 2. The second-order valence-corrected chi connectivity index (χ2v) is 14.1. The van der Waals surface area contributed by atoms with Crippen LogP contribution in [-0.2, 0) is 37.4 Å². The third-order valence-corrected chi connectivity index (χ3v) is 9.67. The summed E-state index contributed by atoms with van der Waals surface area (Å²) in [5.41, 5.74) is 2.97. The van der Waals surface area contributed by atoms with E-state index in [2.05, 4.69) is 5.32 Å². The minimum absolute atomic E-state index is 0.0797. The first-order valence-corrected chi connectivity index (χ1v) is 17.0. The Labute approximate surface area is 284 Å². The number of hydrogen-bond acceptors (Lipinski definition) is 7. The average Bonchev–Trinajstić information content (AvgIpc) is 3.41. The minimum atomic E-state index is -0.879. The molecule has 2 aromatic carbocycles. The van der Waals surface area contributed by atoms with Gasteiger partial charge in [0.25, 0.3) is 5.91 Å². The fourth-order valence-electron chi connectivity index (χ4n) is 6.01. The lowest BCUT2D eigenvalue weighted by Crippen LogP contribution is -2.70. The number of ether oxygens (including phenoxy) is 2. The first kappa shape index (κ1) is 33.0. The van der Waals surface area contributed by atoms with Crippen molar-refractivity contribution in [3.63, 3.8) is 0 Å². The Morgan fingerprint density at radius 3 is 2.27 bits per heavy atom. The number of carbonyl (C=O) groups is 4. The van der Waals surface area contributed by atoms with Gasteiger partial charge < -0.3 is 19.7 Å². The van der Waals surface area contributed by atoms with Crippen molar-refractivity contribution in [1.82, 2.24) is 15.1 Å². The van der Waals surface area contributed by atoms with Gasteiger partial charge in [-0.3, -0.25) is 14.5 Å². The van der Waals surface area contributed by atoms with Crippen LogP contribution in [0.5, 0.6) is 0 Å². The van der Waals surface area contributed by atoms with Crippen LogP contribution in [0.3, 0.4) is 0 Å². The number of allylic oxidation sites excluding steroid dienone is 1.